The van der Waals surface area contributed by atoms with Crippen molar-refractivity contribution in [3.8, 4) is 0 Å². The third kappa shape index (κ3) is 2.14. The van der Waals surface area contributed by atoms with Gasteiger partial charge in [0.15, 0.2) is 0 Å². The summed E-state index contributed by atoms with van der Waals surface area (Å²) in [4.78, 5) is 0. The quantitative estimate of drug-likeness (QED) is 0.391. The van der Waals surface area contributed by atoms with Crippen LogP contribution >= 0.6 is 0 Å². The van der Waals surface area contributed by atoms with Gasteiger partial charge in [-0.3, -0.25) is 0 Å². The second kappa shape index (κ2) is 3.08. The maximum atomic E-state index is 8.12. The molecule has 0 heterocycles. The Morgan fingerprint density at radius 3 is 2.00 bits per heavy atom. The van der Waals surface area contributed by atoms with Crippen molar-refractivity contribution in [1.29, 1.82) is 1.43 Å². The van der Waals surface area contributed by atoms with Gasteiger partial charge in [0.25, 0.3) is 0 Å². The van der Waals surface area contributed by atoms with Crippen LogP contribution < -0.4 is 0 Å². The van der Waals surface area contributed by atoms with Crippen LogP contribution in [0.1, 0.15) is 0 Å². The molecule has 0 aromatic heterocycles. The molecule has 0 aromatic rings. The lowest BCUT2D eigenvalue weighted by atomic mass is 10.4. The van der Waals surface area contributed by atoms with E-state index in [0.29, 0.717) is 0 Å². The van der Waals surface area contributed by atoms with Gasteiger partial charge < -0.3 is 15.3 Å². The standard InChI is InChI=1S/C3H8O3/c4-1-3(6)2-5/h3-6H,1-2H2/i6D. The molecule has 0 bridgehead atoms. The van der Waals surface area contributed by atoms with Crippen molar-refractivity contribution < 1.29 is 15.3 Å². The van der Waals surface area contributed by atoms with Crippen LogP contribution in [0, 0.1) is 0 Å². The van der Waals surface area contributed by atoms with E-state index in [2.05, 4.69) is 5.11 Å². The van der Waals surface area contributed by atoms with Crippen LogP contribution in [0.25, 0.3) is 0 Å². The van der Waals surface area contributed by atoms with E-state index in [0.717, 1.165) is 0 Å². The largest absolute Gasteiger partial charge is 0.394 e. The highest BCUT2D eigenvalue weighted by Crippen LogP contribution is 1.71. The maximum Gasteiger partial charge on any atom is 0.211 e. The summed E-state index contributed by atoms with van der Waals surface area (Å²) < 4.78 is 6.14. The smallest absolute Gasteiger partial charge is 0.211 e. The highest BCUT2D eigenvalue weighted by Gasteiger charge is 1.93. The van der Waals surface area contributed by atoms with E-state index in [1.165, 1.54) is 0 Å². The molecule has 0 saturated heterocycles. The zero-order valence-electron chi connectivity index (χ0n) is 4.29. The zero-order chi connectivity index (χ0) is 5.70. The Bertz CT molecular complexity index is 31.7. The van der Waals surface area contributed by atoms with Gasteiger partial charge in [-0.25, -0.2) is 0 Å². The SMILES string of the molecule is [2H]OC(CO)CO. The van der Waals surface area contributed by atoms with Crippen LogP contribution in [0.5, 0.6) is 0 Å². The van der Waals surface area contributed by atoms with Crippen molar-refractivity contribution in [2.24, 2.45) is 0 Å². The molecule has 0 fully saturated rings. The fourth-order valence-electron chi connectivity index (χ4n) is 0.0577. The first kappa shape index (κ1) is 4.05. The summed E-state index contributed by atoms with van der Waals surface area (Å²) in [6.45, 7) is -0.611. The molecule has 6 heavy (non-hydrogen) atoms. The molecule has 0 amide bonds. The molecule has 0 radical (unpaired) electrons. The molecule has 38 valence electrons. The van der Waals surface area contributed by atoms with Crippen LogP contribution in [0.2, 0.25) is 0 Å². The van der Waals surface area contributed by atoms with Gasteiger partial charge in [0.2, 0.25) is 1.43 Å². The van der Waals surface area contributed by atoms with E-state index in [4.69, 9.17) is 11.6 Å². The van der Waals surface area contributed by atoms with Gasteiger partial charge in [-0.2, -0.15) is 0 Å². The van der Waals surface area contributed by atoms with Crippen LogP contribution in [0.3, 0.4) is 0 Å². The topological polar surface area (TPSA) is 60.7 Å². The van der Waals surface area contributed by atoms with Gasteiger partial charge in [0, 0.05) is 0 Å². The molecule has 0 aliphatic rings. The summed E-state index contributed by atoms with van der Waals surface area (Å²) in [5, 5.41) is 20.0. The Balaban J connectivity index is 2.99. The number of hydrogen-bond acceptors (Lipinski definition) is 3. The van der Waals surface area contributed by atoms with E-state index in [1.54, 1.807) is 0 Å². The molecule has 0 aromatic carbocycles. The Morgan fingerprint density at radius 1 is 1.50 bits per heavy atom. The summed E-state index contributed by atoms with van der Waals surface area (Å²) in [7, 11) is 0. The van der Waals surface area contributed by atoms with E-state index >= 15 is 0 Å². The predicted molar refractivity (Wildman–Crippen MR) is 20.2 cm³/mol. The highest BCUT2D eigenvalue weighted by molar-refractivity contribution is 4.43. The molecule has 0 atom stereocenters. The van der Waals surface area contributed by atoms with Crippen molar-refractivity contribution in [3.05, 3.63) is 0 Å². The summed E-state index contributed by atoms with van der Waals surface area (Å²) in [5.41, 5.74) is 0. The Labute approximate surface area is 37.3 Å². The van der Waals surface area contributed by atoms with Crippen molar-refractivity contribution in [3.63, 3.8) is 0 Å². The van der Waals surface area contributed by atoms with Gasteiger partial charge in [0.1, 0.15) is 6.10 Å². The summed E-state index contributed by atoms with van der Waals surface area (Å²) in [6, 6.07) is 0. The molecule has 3 nitrogen and oxygen atoms in total. The van der Waals surface area contributed by atoms with Gasteiger partial charge in [0.05, 0.1) is 13.2 Å². The number of hydrogen-bond donors (Lipinski definition) is 3. The average Bonchev–Trinajstić information content (AvgIpc) is 1.72. The second-order valence-corrected chi connectivity index (χ2v) is 0.987. The van der Waals surface area contributed by atoms with Gasteiger partial charge >= 0.3 is 0 Å². The van der Waals surface area contributed by atoms with Gasteiger partial charge in [-0.1, -0.05) is 0 Å². The normalized spacial score (nSPS) is 12.2. The minimum Gasteiger partial charge on any atom is -0.394 e. The molecule has 0 saturated carbocycles. The lowest BCUT2D eigenvalue weighted by Gasteiger charge is -1.96. The summed E-state index contributed by atoms with van der Waals surface area (Å²) >= 11 is 0. The molecule has 3 N–H and O–H groups in total. The zero-order valence-corrected chi connectivity index (χ0v) is 3.29. The summed E-state index contributed by atoms with van der Waals surface area (Å²) in [6.07, 6.45) is -0.736. The molecule has 0 aliphatic heterocycles. The van der Waals surface area contributed by atoms with Crippen molar-refractivity contribution in [2.45, 2.75) is 6.10 Å². The van der Waals surface area contributed by atoms with E-state index in [-0.39, 0.29) is 13.2 Å². The molecular weight excluding hydrogens is 84.0 g/mol. The molecule has 0 spiro atoms. The molecule has 0 aliphatic carbocycles. The lowest BCUT2D eigenvalue weighted by molar-refractivity contribution is 0.0450. The molecule has 0 unspecified atom stereocenters. The van der Waals surface area contributed by atoms with Crippen molar-refractivity contribution >= 4 is 0 Å². The van der Waals surface area contributed by atoms with E-state index in [9.17, 15) is 0 Å². The third-order valence-electron chi connectivity index (χ3n) is 0.407. The minimum absolute atomic E-state index is 0.306. The first-order valence-corrected chi connectivity index (χ1v) is 1.68. The number of rotatable bonds is 3. The predicted octanol–water partition coefficient (Wildman–Crippen LogP) is -1.67. The summed E-state index contributed by atoms with van der Waals surface area (Å²) in [5.74, 6) is 0. The van der Waals surface area contributed by atoms with E-state index < -0.39 is 6.10 Å². The fraction of sp³-hybridized carbons (Fsp3) is 1.00. The lowest BCUT2D eigenvalue weighted by Crippen LogP contribution is -2.15. The Hall–Kier alpha value is -0.120. The number of aliphatic hydroxyl groups is 3. The molecular formula is C3H8O3. The highest BCUT2D eigenvalue weighted by atomic mass is 16.3. The van der Waals surface area contributed by atoms with Crippen LogP contribution in [0.15, 0.2) is 0 Å². The average molecular weight is 93.1 g/mol. The Kier molecular flexibility index (Phi) is 2.08. The Morgan fingerprint density at radius 2 is 2.00 bits per heavy atom. The first-order valence-electron chi connectivity index (χ1n) is 2.09. The monoisotopic (exact) mass is 93.1 g/mol. The van der Waals surface area contributed by atoms with Gasteiger partial charge in [-0.05, 0) is 0 Å². The van der Waals surface area contributed by atoms with Crippen LogP contribution in [-0.2, 0) is 0 Å². The van der Waals surface area contributed by atoms with Crippen LogP contribution in [0.4, 0.5) is 0 Å². The maximum absolute atomic E-state index is 8.12. The van der Waals surface area contributed by atoms with Crippen LogP contribution in [-0.4, -0.2) is 36.1 Å². The number of aliphatic hydroxyl groups excluding tert-OH is 3. The molecule has 3 heteroatoms. The second-order valence-electron chi connectivity index (χ2n) is 0.987. The fourth-order valence-corrected chi connectivity index (χ4v) is 0.0577. The van der Waals surface area contributed by atoms with Crippen molar-refractivity contribution in [1.82, 2.24) is 0 Å². The molecule has 0 rings (SSSR count). The van der Waals surface area contributed by atoms with Gasteiger partial charge in [-0.15, -0.1) is 0 Å². The first-order chi connectivity index (χ1) is 3.35. The van der Waals surface area contributed by atoms with E-state index in [1.807, 2.05) is 0 Å². The minimum atomic E-state index is -0.736. The van der Waals surface area contributed by atoms with Crippen molar-refractivity contribution in [2.75, 3.05) is 13.2 Å². The third-order valence-corrected chi connectivity index (χ3v) is 0.407.